The van der Waals surface area contributed by atoms with Crippen molar-refractivity contribution in [3.8, 4) is 0 Å². The van der Waals surface area contributed by atoms with Crippen LogP contribution in [0.1, 0.15) is 55.1 Å². The minimum Gasteiger partial charge on any atom is -0.298 e. The molecule has 0 amide bonds. The average Bonchev–Trinajstić information content (AvgIpc) is 3.17. The van der Waals surface area contributed by atoms with Crippen LogP contribution in [0.4, 0.5) is 0 Å². The van der Waals surface area contributed by atoms with Crippen molar-refractivity contribution < 1.29 is 0 Å². The van der Waals surface area contributed by atoms with Gasteiger partial charge in [0.25, 0.3) is 5.56 Å². The van der Waals surface area contributed by atoms with Crippen molar-refractivity contribution in [1.29, 1.82) is 0 Å². The van der Waals surface area contributed by atoms with Crippen LogP contribution in [0, 0.1) is 0 Å². The second-order valence-electron chi connectivity index (χ2n) is 7.75. The molecule has 0 spiro atoms. The van der Waals surface area contributed by atoms with Gasteiger partial charge in [-0.25, -0.2) is 9.97 Å². The van der Waals surface area contributed by atoms with Gasteiger partial charge in [0.2, 0.25) is 0 Å². The molecule has 1 atom stereocenters. The van der Waals surface area contributed by atoms with Crippen molar-refractivity contribution in [3.05, 3.63) is 56.5 Å². The molecule has 0 N–H and O–H groups in total. The van der Waals surface area contributed by atoms with E-state index < -0.39 is 0 Å². The zero-order valence-electron chi connectivity index (χ0n) is 16.2. The Balaban J connectivity index is 1.55. The summed E-state index contributed by atoms with van der Waals surface area (Å²) in [5.41, 5.74) is 2.02. The zero-order valence-corrected chi connectivity index (χ0v) is 17.0. The van der Waals surface area contributed by atoms with E-state index >= 15 is 0 Å². The molecule has 1 aromatic carbocycles. The molecular formula is C21H26N4OS. The minimum absolute atomic E-state index is 0.0330. The summed E-state index contributed by atoms with van der Waals surface area (Å²) >= 11 is 1.79. The maximum atomic E-state index is 12.6. The molecule has 1 aliphatic heterocycles. The van der Waals surface area contributed by atoms with E-state index in [1.54, 1.807) is 15.9 Å². The molecule has 1 fully saturated rings. The Morgan fingerprint density at radius 3 is 2.85 bits per heavy atom. The highest BCUT2D eigenvalue weighted by Crippen LogP contribution is 2.31. The van der Waals surface area contributed by atoms with Crippen LogP contribution >= 0.6 is 11.3 Å². The van der Waals surface area contributed by atoms with E-state index in [1.165, 1.54) is 17.1 Å². The van der Waals surface area contributed by atoms with Crippen LogP contribution in [-0.4, -0.2) is 32.5 Å². The summed E-state index contributed by atoms with van der Waals surface area (Å²) < 4.78 is 1.70. The lowest BCUT2D eigenvalue weighted by molar-refractivity contribution is 0.193. The van der Waals surface area contributed by atoms with Gasteiger partial charge in [-0.15, -0.1) is 11.3 Å². The van der Waals surface area contributed by atoms with Crippen molar-refractivity contribution in [2.24, 2.45) is 7.05 Å². The Labute approximate surface area is 163 Å². The van der Waals surface area contributed by atoms with E-state index in [9.17, 15) is 4.79 Å². The first kappa shape index (κ1) is 18.3. The Hall–Kier alpha value is -2.05. The molecule has 2 aromatic heterocycles. The Bertz CT molecular complexity index is 1010. The van der Waals surface area contributed by atoms with Gasteiger partial charge < -0.3 is 0 Å². The normalized spacial score (nSPS) is 18.4. The molecule has 0 radical (unpaired) electrons. The lowest BCUT2D eigenvalue weighted by Crippen LogP contribution is -2.36. The number of fused-ring (bicyclic) bond motifs is 1. The van der Waals surface area contributed by atoms with Gasteiger partial charge >= 0.3 is 0 Å². The first-order chi connectivity index (χ1) is 13.0. The molecule has 6 heteroatoms. The molecular weight excluding hydrogens is 356 g/mol. The van der Waals surface area contributed by atoms with Crippen molar-refractivity contribution >= 4 is 22.2 Å². The first-order valence-corrected chi connectivity index (χ1v) is 10.5. The quantitative estimate of drug-likeness (QED) is 0.687. The first-order valence-electron chi connectivity index (χ1n) is 9.65. The predicted octanol–water partition coefficient (Wildman–Crippen LogP) is 3.89. The molecule has 1 saturated heterocycles. The number of para-hydroxylation sites is 1. The minimum atomic E-state index is 0.0330. The van der Waals surface area contributed by atoms with Gasteiger partial charge in [-0.1, -0.05) is 26.0 Å². The van der Waals surface area contributed by atoms with Crippen molar-refractivity contribution in [2.45, 2.75) is 45.1 Å². The van der Waals surface area contributed by atoms with Gasteiger partial charge in [-0.3, -0.25) is 14.3 Å². The molecule has 27 heavy (non-hydrogen) atoms. The lowest BCUT2D eigenvalue weighted by Gasteiger charge is -2.31. The lowest BCUT2D eigenvalue weighted by atomic mass is 9.98. The van der Waals surface area contributed by atoms with Gasteiger partial charge in [0, 0.05) is 24.9 Å². The largest absolute Gasteiger partial charge is 0.298 e. The summed E-state index contributed by atoms with van der Waals surface area (Å²) in [6.07, 6.45) is 2.34. The van der Waals surface area contributed by atoms with Crippen LogP contribution in [-0.2, 0) is 13.6 Å². The number of piperidine rings is 1. The number of benzene rings is 1. The number of thiazole rings is 1. The van der Waals surface area contributed by atoms with Crippen LogP contribution in [0.3, 0.4) is 0 Å². The van der Waals surface area contributed by atoms with E-state index in [2.05, 4.69) is 24.1 Å². The van der Waals surface area contributed by atoms with Gasteiger partial charge in [-0.2, -0.15) is 0 Å². The molecule has 0 saturated carbocycles. The predicted molar refractivity (Wildman–Crippen MR) is 110 cm³/mol. The van der Waals surface area contributed by atoms with Crippen LogP contribution in [0.15, 0.2) is 34.4 Å². The SMILES string of the molecule is CC(C)c1csc(C2CCCN(Cc3nc4ccccc4c(=O)n3C)C2)n1. The molecule has 1 unspecified atom stereocenters. The van der Waals surface area contributed by atoms with Crippen LogP contribution in [0.5, 0.6) is 0 Å². The molecule has 142 valence electrons. The van der Waals surface area contributed by atoms with E-state index in [0.717, 1.165) is 30.9 Å². The fourth-order valence-corrected chi connectivity index (χ4v) is 4.87. The third-order valence-electron chi connectivity index (χ3n) is 5.43. The Morgan fingerprint density at radius 2 is 2.07 bits per heavy atom. The van der Waals surface area contributed by atoms with Gasteiger partial charge in [0.1, 0.15) is 5.82 Å². The molecule has 1 aliphatic rings. The third kappa shape index (κ3) is 3.69. The molecule has 0 bridgehead atoms. The van der Waals surface area contributed by atoms with Crippen LogP contribution in [0.25, 0.3) is 10.9 Å². The van der Waals surface area contributed by atoms with E-state index in [1.807, 2.05) is 31.3 Å². The topological polar surface area (TPSA) is 51.0 Å². The monoisotopic (exact) mass is 382 g/mol. The number of rotatable bonds is 4. The molecule has 3 aromatic rings. The fourth-order valence-electron chi connectivity index (χ4n) is 3.76. The zero-order chi connectivity index (χ0) is 19.0. The van der Waals surface area contributed by atoms with Crippen LogP contribution < -0.4 is 5.56 Å². The van der Waals surface area contributed by atoms with Crippen molar-refractivity contribution in [1.82, 2.24) is 19.4 Å². The summed E-state index contributed by atoms with van der Waals surface area (Å²) in [4.78, 5) is 24.7. The summed E-state index contributed by atoms with van der Waals surface area (Å²) in [7, 11) is 1.83. The van der Waals surface area contributed by atoms with E-state index in [4.69, 9.17) is 9.97 Å². The number of hydrogen-bond donors (Lipinski definition) is 0. The van der Waals surface area contributed by atoms with Gasteiger partial charge in [0.05, 0.1) is 28.1 Å². The number of hydrogen-bond acceptors (Lipinski definition) is 5. The molecule has 0 aliphatic carbocycles. The highest BCUT2D eigenvalue weighted by Gasteiger charge is 2.25. The highest BCUT2D eigenvalue weighted by atomic mass is 32.1. The summed E-state index contributed by atoms with van der Waals surface area (Å²) in [6, 6.07) is 7.59. The van der Waals surface area contributed by atoms with Crippen molar-refractivity contribution in [3.63, 3.8) is 0 Å². The smallest absolute Gasteiger partial charge is 0.261 e. The van der Waals surface area contributed by atoms with E-state index in [0.29, 0.717) is 23.8 Å². The fraction of sp³-hybridized carbons (Fsp3) is 0.476. The molecule has 4 rings (SSSR count). The van der Waals surface area contributed by atoms with Crippen molar-refractivity contribution in [2.75, 3.05) is 13.1 Å². The standard InChI is InChI=1S/C21H26N4OS/c1-14(2)18-13-27-20(23-18)15-7-6-10-25(11-15)12-19-22-17-9-5-4-8-16(17)21(26)24(19)3/h4-5,8-9,13-15H,6-7,10-12H2,1-3H3. The third-order valence-corrected chi connectivity index (χ3v) is 6.45. The van der Waals surface area contributed by atoms with Crippen LogP contribution in [0.2, 0.25) is 0 Å². The average molecular weight is 383 g/mol. The second-order valence-corrected chi connectivity index (χ2v) is 8.64. The maximum Gasteiger partial charge on any atom is 0.261 e. The summed E-state index contributed by atoms with van der Waals surface area (Å²) in [5.74, 6) is 1.79. The highest BCUT2D eigenvalue weighted by molar-refractivity contribution is 7.09. The second kappa shape index (κ2) is 7.52. The molecule has 3 heterocycles. The van der Waals surface area contributed by atoms with Gasteiger partial charge in [0.15, 0.2) is 0 Å². The number of aromatic nitrogens is 3. The maximum absolute atomic E-state index is 12.6. The number of nitrogens with zero attached hydrogens (tertiary/aromatic N) is 4. The van der Waals surface area contributed by atoms with Gasteiger partial charge in [-0.05, 0) is 37.4 Å². The summed E-state index contributed by atoms with van der Waals surface area (Å²) in [5, 5.41) is 4.14. The Kier molecular flexibility index (Phi) is 5.10. The summed E-state index contributed by atoms with van der Waals surface area (Å²) in [6.45, 7) is 7.11. The molecule has 5 nitrogen and oxygen atoms in total. The Morgan fingerprint density at radius 1 is 1.26 bits per heavy atom. The number of likely N-dealkylation sites (tertiary alicyclic amines) is 1. The van der Waals surface area contributed by atoms with E-state index in [-0.39, 0.29) is 5.56 Å².